The Morgan fingerprint density at radius 3 is 1.61 bits per heavy atom. The Balaban J connectivity index is 0.000000165. The predicted molar refractivity (Wildman–Crippen MR) is 284 cm³/mol. The van der Waals surface area contributed by atoms with Gasteiger partial charge in [-0.25, -0.2) is 0 Å². The smallest absolute Gasteiger partial charge is 0.166 e. The number of hydrogen-bond donors (Lipinski definition) is 0. The van der Waals surface area contributed by atoms with E-state index >= 15 is 0 Å². The third-order valence-corrected chi connectivity index (χ3v) is 12.9. The summed E-state index contributed by atoms with van der Waals surface area (Å²) in [4.78, 5) is 0. The molecular formula is C64H71F3. The van der Waals surface area contributed by atoms with Gasteiger partial charge < -0.3 is 0 Å². The molecule has 0 aromatic heterocycles. The number of hydrogen-bond acceptors (Lipinski definition) is 0. The summed E-state index contributed by atoms with van der Waals surface area (Å²) in [5.74, 6) is 0. The number of halogens is 3. The molecule has 67 heavy (non-hydrogen) atoms. The van der Waals surface area contributed by atoms with Crippen LogP contribution in [-0.4, -0.2) is 0 Å². The topological polar surface area (TPSA) is 0 Å². The molecule has 0 aliphatic heterocycles. The van der Waals surface area contributed by atoms with Gasteiger partial charge in [-0.05, 0) is 164 Å². The van der Waals surface area contributed by atoms with E-state index in [0.29, 0.717) is 5.56 Å². The van der Waals surface area contributed by atoms with E-state index in [0.717, 1.165) is 18.6 Å². The molecule has 0 saturated heterocycles. The molecule has 0 saturated carbocycles. The zero-order valence-electron chi connectivity index (χ0n) is 42.1. The second-order valence-corrected chi connectivity index (χ2v) is 18.6. The zero-order valence-corrected chi connectivity index (χ0v) is 42.1. The molecule has 0 bridgehead atoms. The Labute approximate surface area is 401 Å². The molecule has 348 valence electrons. The van der Waals surface area contributed by atoms with Crippen molar-refractivity contribution in [2.45, 2.75) is 120 Å². The summed E-state index contributed by atoms with van der Waals surface area (Å²) in [6.07, 6.45) is 0.630. The van der Waals surface area contributed by atoms with Crippen LogP contribution in [0.1, 0.15) is 113 Å². The van der Waals surface area contributed by atoms with Crippen LogP contribution in [0.4, 0.5) is 13.2 Å². The quantitative estimate of drug-likeness (QED) is 0.161. The van der Waals surface area contributed by atoms with Crippen molar-refractivity contribution in [3.05, 3.63) is 236 Å². The number of unbranched alkanes of at least 4 members (excludes halogenated alkanes) is 1. The molecule has 0 spiro atoms. The Bertz CT molecular complexity index is 2860. The standard InChI is InChI=1S/C21H20.C18H22.C9H12.C8H7F3.C8H10/c1-13-9-10-17-18(11-13)21(3,4)19-12-14(2)15-7-5-6-8-16(15)20(17)19;1-4-5-11-16-15(3)10-8-13-18(16)17-12-7-6-9-14(17)2;1-7-4-5-8(2)9(3)6-7;1-6-3-2-4-7(5-6)8(9,10)11;1-2-8-6-4-3-5-7-8/h5-12H,1-4H3;6-10,12-13H,4-5,11H2,1-3H3;4-6H,1-3H3;2-5H,1H3;3-7H,2H2,1H3. The summed E-state index contributed by atoms with van der Waals surface area (Å²) >= 11 is 0. The van der Waals surface area contributed by atoms with Gasteiger partial charge in [-0.3, -0.25) is 0 Å². The molecule has 8 aromatic rings. The van der Waals surface area contributed by atoms with Gasteiger partial charge in [0.25, 0.3) is 0 Å². The van der Waals surface area contributed by atoms with Crippen molar-refractivity contribution in [2.75, 3.05) is 0 Å². The van der Waals surface area contributed by atoms with Crippen LogP contribution in [0.3, 0.4) is 0 Å². The monoisotopic (exact) mass is 897 g/mol. The third-order valence-electron chi connectivity index (χ3n) is 12.9. The van der Waals surface area contributed by atoms with Gasteiger partial charge in [0.05, 0.1) is 5.56 Å². The van der Waals surface area contributed by atoms with Crippen molar-refractivity contribution in [1.29, 1.82) is 0 Å². The van der Waals surface area contributed by atoms with Crippen molar-refractivity contribution < 1.29 is 13.2 Å². The summed E-state index contributed by atoms with van der Waals surface area (Å²) in [5.41, 5.74) is 21.3. The number of benzene rings is 8. The van der Waals surface area contributed by atoms with E-state index in [4.69, 9.17) is 0 Å². The van der Waals surface area contributed by atoms with Gasteiger partial charge >= 0.3 is 6.18 Å². The fourth-order valence-corrected chi connectivity index (χ4v) is 8.82. The second-order valence-electron chi connectivity index (χ2n) is 18.6. The van der Waals surface area contributed by atoms with Gasteiger partial charge in [0.15, 0.2) is 0 Å². The maximum absolute atomic E-state index is 12.0. The Hall–Kier alpha value is -6.19. The molecule has 0 radical (unpaired) electrons. The minimum absolute atomic E-state index is 0.0888. The molecule has 0 nitrogen and oxygen atoms in total. The van der Waals surface area contributed by atoms with Crippen LogP contribution in [-0.2, 0) is 24.4 Å². The zero-order chi connectivity index (χ0) is 48.9. The van der Waals surface area contributed by atoms with Crippen molar-refractivity contribution in [3.63, 3.8) is 0 Å². The number of aryl methyl sites for hydroxylation is 9. The van der Waals surface area contributed by atoms with Gasteiger partial charge in [-0.15, -0.1) is 0 Å². The lowest BCUT2D eigenvalue weighted by molar-refractivity contribution is -0.137. The molecule has 0 unspecified atom stereocenters. The van der Waals surface area contributed by atoms with E-state index in [2.05, 4.69) is 210 Å². The highest BCUT2D eigenvalue weighted by molar-refractivity contribution is 6.03. The van der Waals surface area contributed by atoms with Crippen LogP contribution in [0.25, 0.3) is 33.0 Å². The number of rotatable bonds is 5. The summed E-state index contributed by atoms with van der Waals surface area (Å²) in [6, 6.07) is 55.6. The third kappa shape index (κ3) is 13.5. The minimum atomic E-state index is -4.22. The lowest BCUT2D eigenvalue weighted by atomic mass is 9.81. The van der Waals surface area contributed by atoms with Crippen LogP contribution in [0.5, 0.6) is 0 Å². The van der Waals surface area contributed by atoms with Crippen LogP contribution < -0.4 is 0 Å². The molecule has 1 aliphatic rings. The largest absolute Gasteiger partial charge is 0.416 e. The van der Waals surface area contributed by atoms with E-state index in [1.165, 1.54) is 120 Å². The first-order valence-corrected chi connectivity index (χ1v) is 23.9. The summed E-state index contributed by atoms with van der Waals surface area (Å²) in [5, 5.41) is 2.77. The van der Waals surface area contributed by atoms with Crippen molar-refractivity contribution >= 4 is 10.8 Å². The fraction of sp³-hybridized carbons (Fsp3) is 0.281. The highest BCUT2D eigenvalue weighted by atomic mass is 19.4. The van der Waals surface area contributed by atoms with Crippen LogP contribution >= 0.6 is 0 Å². The number of alkyl halides is 3. The van der Waals surface area contributed by atoms with Gasteiger partial charge in [0, 0.05) is 5.41 Å². The molecule has 0 amide bonds. The van der Waals surface area contributed by atoms with Crippen molar-refractivity contribution in [3.8, 4) is 22.3 Å². The molecule has 9 rings (SSSR count). The normalized spacial score (nSPS) is 11.9. The van der Waals surface area contributed by atoms with Gasteiger partial charge in [0.2, 0.25) is 0 Å². The lowest BCUT2D eigenvalue weighted by Crippen LogP contribution is -2.15. The molecule has 0 heterocycles. The second kappa shape index (κ2) is 23.5. The summed E-state index contributed by atoms with van der Waals surface area (Å²) < 4.78 is 35.9. The SMILES string of the molecule is CCCCc1c(C)cccc1-c1ccccc1C.CCc1ccccc1.Cc1ccc(C)c(C)c1.Cc1ccc2c(c1)C(C)(C)c1cc(C)c3ccccc3c1-2.Cc1cccc(C(F)(F)F)c1. The molecule has 0 fully saturated rings. The van der Waals surface area contributed by atoms with Crippen molar-refractivity contribution in [2.24, 2.45) is 0 Å². The molecule has 1 aliphatic carbocycles. The average Bonchev–Trinajstić information content (AvgIpc) is 3.53. The fourth-order valence-electron chi connectivity index (χ4n) is 8.82. The molecule has 0 N–H and O–H groups in total. The van der Waals surface area contributed by atoms with Crippen LogP contribution in [0, 0.1) is 55.4 Å². The van der Waals surface area contributed by atoms with E-state index in [9.17, 15) is 13.2 Å². The average molecular weight is 897 g/mol. The highest BCUT2D eigenvalue weighted by Gasteiger charge is 2.36. The number of fused-ring (bicyclic) bond motifs is 5. The lowest BCUT2D eigenvalue weighted by Gasteiger charge is -2.22. The maximum Gasteiger partial charge on any atom is 0.416 e. The highest BCUT2D eigenvalue weighted by Crippen LogP contribution is 2.52. The van der Waals surface area contributed by atoms with Gasteiger partial charge in [-0.2, -0.15) is 13.2 Å². The molecule has 0 atom stereocenters. The van der Waals surface area contributed by atoms with E-state index < -0.39 is 11.7 Å². The predicted octanol–water partition coefficient (Wildman–Crippen LogP) is 19.0. The maximum atomic E-state index is 12.0. The Morgan fingerprint density at radius 2 is 1.01 bits per heavy atom. The summed E-state index contributed by atoms with van der Waals surface area (Å²) in [7, 11) is 0. The first-order valence-electron chi connectivity index (χ1n) is 23.9. The Kier molecular flexibility index (Phi) is 18.2. The minimum Gasteiger partial charge on any atom is -0.166 e. The van der Waals surface area contributed by atoms with Crippen LogP contribution in [0.2, 0.25) is 0 Å². The van der Waals surface area contributed by atoms with Crippen molar-refractivity contribution in [1.82, 2.24) is 0 Å². The summed E-state index contributed by atoms with van der Waals surface area (Å²) in [6.45, 7) is 26.0. The molecule has 8 aromatic carbocycles. The molecule has 3 heteroatoms. The first-order chi connectivity index (χ1) is 31.9. The van der Waals surface area contributed by atoms with Gasteiger partial charge in [0.1, 0.15) is 0 Å². The van der Waals surface area contributed by atoms with E-state index in [1.807, 2.05) is 6.07 Å². The molecular weight excluding hydrogens is 826 g/mol. The van der Waals surface area contributed by atoms with Crippen LogP contribution in [0.15, 0.2) is 164 Å². The Morgan fingerprint density at radius 1 is 0.433 bits per heavy atom. The van der Waals surface area contributed by atoms with Gasteiger partial charge in [-0.1, -0.05) is 209 Å². The first kappa shape index (κ1) is 51.8. The van der Waals surface area contributed by atoms with E-state index in [1.54, 1.807) is 13.0 Å². The van der Waals surface area contributed by atoms with E-state index in [-0.39, 0.29) is 5.41 Å².